The maximum Gasteiger partial charge on any atom is 0.408 e. The van der Waals surface area contributed by atoms with Gasteiger partial charge in [0.05, 0.1) is 24.6 Å². The SMILES string of the molecule is COc1ccc2c(OC3C[C@H]4C(=O)N[C@]5(C(=O)NS(=O)(=O)C6CC6)C[C@H]5/C=C\CCCCC[C@H](NC(=O)OC(C)(C)C)C(=O)N4C3)nc(-c3csc(NC(C)C)n3)cc2c1. The van der Waals surface area contributed by atoms with Crippen LogP contribution in [0.1, 0.15) is 92.4 Å². The number of methoxy groups -OCH3 is 1. The molecule has 4 N–H and O–H groups in total. The lowest BCUT2D eigenvalue weighted by Crippen LogP contribution is -2.58. The van der Waals surface area contributed by atoms with Crippen LogP contribution < -0.4 is 30.1 Å². The molecular formula is C42H55N7O9S2. The summed E-state index contributed by atoms with van der Waals surface area (Å²) in [6.07, 6.45) is 6.54. The van der Waals surface area contributed by atoms with Gasteiger partial charge >= 0.3 is 6.09 Å². The number of thiazole rings is 1. The van der Waals surface area contributed by atoms with Gasteiger partial charge in [0.15, 0.2) is 5.13 Å². The van der Waals surface area contributed by atoms with Gasteiger partial charge in [0.1, 0.15) is 40.8 Å². The third kappa shape index (κ3) is 9.96. The van der Waals surface area contributed by atoms with Crippen molar-refractivity contribution in [1.82, 2.24) is 30.2 Å². The van der Waals surface area contributed by atoms with Crippen LogP contribution in [0.2, 0.25) is 0 Å². The molecule has 16 nitrogen and oxygen atoms in total. The van der Waals surface area contributed by atoms with E-state index in [2.05, 4.69) is 20.7 Å². The standard InChI is InChI=1S/C42H55N7O9S2/c1-24(2)43-39-45-33(23-59-39)32-19-25-18-27(56-6)14-17-30(25)36(44-32)57-28-20-34-35(50)47-42(38(52)48-60(54,55)29-15-16-29)21-26(42)12-10-8-7-9-11-13-31(37(51)49(34)22-28)46-40(53)58-41(3,4)5/h10,12,14,17-19,23-24,26,28-29,31,34H,7-9,11,13,15-16,20-22H2,1-6H3,(H,43,45)(H,46,53)(H,47,50)(H,48,52)/b12-10-/t26-,28?,31+,34+,42-/m1/s1. The fraction of sp³-hybridized carbons (Fsp3) is 0.571. The summed E-state index contributed by atoms with van der Waals surface area (Å²) in [5.74, 6) is -1.51. The van der Waals surface area contributed by atoms with Crippen LogP contribution in [-0.2, 0) is 29.1 Å². The number of allylic oxidation sites excluding steroid dienone is 1. The number of amides is 4. The van der Waals surface area contributed by atoms with Crippen LogP contribution in [0.5, 0.6) is 11.6 Å². The number of rotatable bonds is 10. The number of anilines is 1. The molecule has 1 saturated heterocycles. The number of carbonyl (C=O) groups is 4. The van der Waals surface area contributed by atoms with Crippen LogP contribution in [-0.4, -0.2) is 101 Å². The number of carbonyl (C=O) groups excluding carboxylic acids is 4. The maximum atomic E-state index is 14.7. The fourth-order valence-corrected chi connectivity index (χ4v) is 9.93. The van der Waals surface area contributed by atoms with E-state index in [4.69, 9.17) is 24.2 Å². The molecule has 3 aromatic rings. The molecule has 4 amide bonds. The average molecular weight is 866 g/mol. The van der Waals surface area contributed by atoms with E-state index in [1.807, 2.05) is 49.6 Å². The first-order chi connectivity index (χ1) is 28.4. The quantitative estimate of drug-likeness (QED) is 0.188. The van der Waals surface area contributed by atoms with Crippen molar-refractivity contribution in [3.8, 4) is 23.0 Å². The van der Waals surface area contributed by atoms with Crippen LogP contribution in [0.3, 0.4) is 0 Å². The summed E-state index contributed by atoms with van der Waals surface area (Å²) in [6, 6.07) is 5.38. The zero-order chi connectivity index (χ0) is 43.0. The normalized spacial score (nSPS) is 25.6. The molecule has 60 heavy (non-hydrogen) atoms. The summed E-state index contributed by atoms with van der Waals surface area (Å²) in [7, 11) is -2.34. The molecule has 324 valence electrons. The van der Waals surface area contributed by atoms with Gasteiger partial charge in [-0.3, -0.25) is 19.1 Å². The second-order valence-electron chi connectivity index (χ2n) is 17.4. The van der Waals surface area contributed by atoms with E-state index in [1.54, 1.807) is 33.9 Å². The average Bonchev–Trinajstić information content (AvgIpc) is 4.06. The molecule has 0 spiro atoms. The predicted octanol–water partition coefficient (Wildman–Crippen LogP) is 5.43. The molecule has 2 aliphatic heterocycles. The summed E-state index contributed by atoms with van der Waals surface area (Å²) >= 11 is 1.45. The van der Waals surface area contributed by atoms with Gasteiger partial charge in [-0.1, -0.05) is 25.0 Å². The summed E-state index contributed by atoms with van der Waals surface area (Å²) in [6.45, 7) is 9.19. The van der Waals surface area contributed by atoms with Crippen molar-refractivity contribution in [2.24, 2.45) is 5.92 Å². The Hall–Kier alpha value is -4.97. The number of fused-ring (bicyclic) bond motifs is 3. The molecule has 2 aliphatic carbocycles. The molecule has 4 heterocycles. The number of nitrogens with one attached hydrogen (secondary N) is 4. The minimum atomic E-state index is -3.92. The molecule has 5 atom stereocenters. The molecule has 3 fully saturated rings. The Morgan fingerprint density at radius 1 is 1.05 bits per heavy atom. The summed E-state index contributed by atoms with van der Waals surface area (Å²) < 4.78 is 45.8. The number of ether oxygens (including phenoxy) is 3. The van der Waals surface area contributed by atoms with Crippen molar-refractivity contribution in [2.45, 2.75) is 133 Å². The molecule has 1 aromatic carbocycles. The van der Waals surface area contributed by atoms with Crippen molar-refractivity contribution in [3.05, 3.63) is 41.8 Å². The second kappa shape index (κ2) is 17.2. The van der Waals surface area contributed by atoms with E-state index in [-0.39, 0.29) is 31.3 Å². The van der Waals surface area contributed by atoms with Crippen molar-refractivity contribution in [1.29, 1.82) is 0 Å². The molecule has 0 radical (unpaired) electrons. The van der Waals surface area contributed by atoms with Crippen LogP contribution in [0.4, 0.5) is 9.93 Å². The molecule has 18 heteroatoms. The Balaban J connectivity index is 1.23. The summed E-state index contributed by atoms with van der Waals surface area (Å²) in [4.78, 5) is 67.3. The van der Waals surface area contributed by atoms with Gasteiger partial charge in [0.25, 0.3) is 5.91 Å². The number of hydrogen-bond donors (Lipinski definition) is 4. The zero-order valence-electron chi connectivity index (χ0n) is 34.9. The second-order valence-corrected chi connectivity index (χ2v) is 20.2. The predicted molar refractivity (Wildman–Crippen MR) is 227 cm³/mol. The van der Waals surface area contributed by atoms with E-state index >= 15 is 0 Å². The van der Waals surface area contributed by atoms with Crippen molar-refractivity contribution in [3.63, 3.8) is 0 Å². The first-order valence-electron chi connectivity index (χ1n) is 20.7. The highest BCUT2D eigenvalue weighted by atomic mass is 32.2. The maximum absolute atomic E-state index is 14.7. The number of benzene rings is 1. The van der Waals surface area contributed by atoms with Crippen molar-refractivity contribution >= 4 is 61.1 Å². The van der Waals surface area contributed by atoms with E-state index in [0.717, 1.165) is 23.4 Å². The number of pyridine rings is 1. The minimum absolute atomic E-state index is 0.0119. The minimum Gasteiger partial charge on any atom is -0.497 e. The molecular weight excluding hydrogens is 811 g/mol. The van der Waals surface area contributed by atoms with E-state index in [9.17, 15) is 27.6 Å². The topological polar surface area (TPSA) is 207 Å². The highest BCUT2D eigenvalue weighted by Gasteiger charge is 2.62. The number of sulfonamides is 1. The Kier molecular flexibility index (Phi) is 12.4. The number of nitrogens with zero attached hydrogens (tertiary/aromatic N) is 3. The lowest BCUT2D eigenvalue weighted by molar-refractivity contribution is -0.141. The van der Waals surface area contributed by atoms with Gasteiger partial charge in [0.2, 0.25) is 27.7 Å². The van der Waals surface area contributed by atoms with Crippen LogP contribution >= 0.6 is 11.3 Å². The molecule has 2 saturated carbocycles. The summed E-state index contributed by atoms with van der Waals surface area (Å²) in [5, 5.41) is 12.4. The van der Waals surface area contributed by atoms with Gasteiger partial charge in [-0.2, -0.15) is 0 Å². The molecule has 1 unspecified atom stereocenters. The largest absolute Gasteiger partial charge is 0.497 e. The Bertz CT molecular complexity index is 2270. The Labute approximate surface area is 354 Å². The third-order valence-corrected chi connectivity index (χ3v) is 13.6. The lowest BCUT2D eigenvalue weighted by atomic mass is 10.0. The van der Waals surface area contributed by atoms with E-state index in [0.29, 0.717) is 54.6 Å². The van der Waals surface area contributed by atoms with Gasteiger partial charge in [0, 0.05) is 29.1 Å². The van der Waals surface area contributed by atoms with E-state index in [1.165, 1.54) is 16.2 Å². The zero-order valence-corrected chi connectivity index (χ0v) is 36.5. The smallest absolute Gasteiger partial charge is 0.408 e. The number of alkyl carbamates (subject to hydrolysis) is 1. The fourth-order valence-electron chi connectivity index (χ4n) is 7.71. The number of aromatic nitrogens is 2. The number of hydrogen-bond acceptors (Lipinski definition) is 13. The van der Waals surface area contributed by atoms with Gasteiger partial charge in [-0.15, -0.1) is 11.3 Å². The van der Waals surface area contributed by atoms with Gasteiger partial charge in [-0.25, -0.2) is 23.2 Å². The third-order valence-electron chi connectivity index (χ3n) is 11.0. The molecule has 7 rings (SSSR count). The van der Waals surface area contributed by atoms with Gasteiger partial charge < -0.3 is 35.1 Å². The van der Waals surface area contributed by atoms with Crippen molar-refractivity contribution in [2.75, 3.05) is 19.0 Å². The summed E-state index contributed by atoms with van der Waals surface area (Å²) in [5.41, 5.74) is -1.18. The van der Waals surface area contributed by atoms with Crippen LogP contribution in [0, 0.1) is 5.92 Å². The highest BCUT2D eigenvalue weighted by molar-refractivity contribution is 7.91. The Morgan fingerprint density at radius 2 is 1.83 bits per heavy atom. The van der Waals surface area contributed by atoms with Gasteiger partial charge in [-0.05, 0) is 103 Å². The molecule has 4 aliphatic rings. The molecule has 0 bridgehead atoms. The van der Waals surface area contributed by atoms with Crippen LogP contribution in [0.15, 0.2) is 41.8 Å². The van der Waals surface area contributed by atoms with E-state index < -0.39 is 74.3 Å². The van der Waals surface area contributed by atoms with Crippen LogP contribution in [0.25, 0.3) is 22.2 Å². The molecule has 2 aromatic heterocycles. The monoisotopic (exact) mass is 865 g/mol. The lowest BCUT2D eigenvalue weighted by Gasteiger charge is -2.30. The first-order valence-corrected chi connectivity index (χ1v) is 23.1. The van der Waals surface area contributed by atoms with Crippen molar-refractivity contribution < 1.29 is 41.8 Å². The Morgan fingerprint density at radius 3 is 2.55 bits per heavy atom. The first kappa shape index (κ1) is 43.1. The highest BCUT2D eigenvalue weighted by Crippen LogP contribution is 2.46.